The molecular formula is C24H24O6S. The molecule has 162 valence electrons. The number of rotatable bonds is 2. The Bertz CT molecular complexity index is 1250. The van der Waals surface area contributed by atoms with E-state index in [1.54, 1.807) is 30.3 Å². The fourth-order valence-electron chi connectivity index (χ4n) is 3.77. The van der Waals surface area contributed by atoms with Crippen LogP contribution < -0.4 is 4.74 Å². The number of aromatic carboxylic acids is 1. The van der Waals surface area contributed by atoms with Gasteiger partial charge in [0.2, 0.25) is 0 Å². The Balaban J connectivity index is 0.00000272. The van der Waals surface area contributed by atoms with Crippen molar-refractivity contribution in [1.82, 2.24) is 0 Å². The molecule has 2 bridgehead atoms. The van der Waals surface area contributed by atoms with Gasteiger partial charge >= 0.3 is 5.97 Å². The Kier molecular flexibility index (Phi) is 6.08. The molecule has 1 aliphatic rings. The highest BCUT2D eigenvalue weighted by Crippen LogP contribution is 2.40. The van der Waals surface area contributed by atoms with Crippen LogP contribution in [0.5, 0.6) is 11.5 Å². The van der Waals surface area contributed by atoms with E-state index in [9.17, 15) is 23.4 Å². The third-order valence-corrected chi connectivity index (χ3v) is 7.50. The van der Waals surface area contributed by atoms with E-state index in [1.807, 2.05) is 18.2 Å². The molecule has 3 aromatic carbocycles. The van der Waals surface area contributed by atoms with Crippen LogP contribution in [0.4, 0.5) is 0 Å². The Morgan fingerprint density at radius 1 is 1.06 bits per heavy atom. The first-order valence-electron chi connectivity index (χ1n) is 9.38. The van der Waals surface area contributed by atoms with E-state index in [0.717, 1.165) is 11.1 Å². The SMILES string of the molecule is C.Cc1c(C2Cc3ccccc3OCc3cccc(c3)S2(=O)=O)ccc(C(=O)O)c1O. The maximum atomic E-state index is 13.7. The van der Waals surface area contributed by atoms with E-state index in [1.165, 1.54) is 19.1 Å². The number of phenols is 1. The molecule has 1 aliphatic heterocycles. The first-order valence-corrected chi connectivity index (χ1v) is 10.9. The fourth-order valence-corrected chi connectivity index (χ4v) is 5.68. The Hall–Kier alpha value is -3.32. The second-order valence-electron chi connectivity index (χ2n) is 7.26. The van der Waals surface area contributed by atoms with Crippen LogP contribution in [0.3, 0.4) is 0 Å². The van der Waals surface area contributed by atoms with Gasteiger partial charge in [0.25, 0.3) is 0 Å². The van der Waals surface area contributed by atoms with Gasteiger partial charge in [0.05, 0.1) is 10.1 Å². The third-order valence-electron chi connectivity index (χ3n) is 5.42. The zero-order chi connectivity index (χ0) is 21.5. The quantitative estimate of drug-likeness (QED) is 0.600. The molecule has 2 N–H and O–H groups in total. The van der Waals surface area contributed by atoms with Crippen LogP contribution >= 0.6 is 0 Å². The van der Waals surface area contributed by atoms with Gasteiger partial charge in [-0.05, 0) is 59.9 Å². The molecular weight excluding hydrogens is 416 g/mol. The van der Waals surface area contributed by atoms with E-state index >= 15 is 0 Å². The van der Waals surface area contributed by atoms with Crippen molar-refractivity contribution in [3.8, 4) is 11.5 Å². The number of hydrogen-bond donors (Lipinski definition) is 2. The summed E-state index contributed by atoms with van der Waals surface area (Å²) < 4.78 is 33.3. The predicted molar refractivity (Wildman–Crippen MR) is 117 cm³/mol. The van der Waals surface area contributed by atoms with Gasteiger partial charge in [-0.2, -0.15) is 0 Å². The Labute approximate surface area is 181 Å². The predicted octanol–water partition coefficient (Wildman–Crippen LogP) is 4.69. The standard InChI is InChI=1S/C23H20O6S.CH4/c1-14-18(9-10-19(22(14)24)23(25)26)21-12-16-6-2-3-8-20(16)29-13-15-5-4-7-17(11-15)30(21,27)28;/h2-11,21,24H,12-13H2,1H3,(H,25,26);1H4. The molecule has 31 heavy (non-hydrogen) atoms. The maximum absolute atomic E-state index is 13.7. The molecule has 0 saturated heterocycles. The van der Waals surface area contributed by atoms with Crippen LogP contribution in [0.1, 0.15) is 45.3 Å². The molecule has 0 amide bonds. The van der Waals surface area contributed by atoms with Crippen LogP contribution in [-0.2, 0) is 22.9 Å². The molecule has 1 heterocycles. The van der Waals surface area contributed by atoms with Crippen molar-refractivity contribution in [2.75, 3.05) is 0 Å². The molecule has 0 aromatic heterocycles. The molecule has 6 nitrogen and oxygen atoms in total. The summed E-state index contributed by atoms with van der Waals surface area (Å²) in [4.78, 5) is 11.5. The summed E-state index contributed by atoms with van der Waals surface area (Å²) in [5.41, 5.74) is 1.78. The molecule has 0 aliphatic carbocycles. The number of sulfone groups is 1. The van der Waals surface area contributed by atoms with Gasteiger partial charge < -0.3 is 14.9 Å². The number of benzene rings is 3. The minimum atomic E-state index is -3.84. The lowest BCUT2D eigenvalue weighted by atomic mass is 9.96. The fraction of sp³-hybridized carbons (Fsp3) is 0.208. The van der Waals surface area contributed by atoms with E-state index in [-0.39, 0.29) is 36.5 Å². The number of carbonyl (C=O) groups is 1. The van der Waals surface area contributed by atoms with Crippen LogP contribution in [0.25, 0.3) is 0 Å². The van der Waals surface area contributed by atoms with Gasteiger partial charge in [-0.25, -0.2) is 13.2 Å². The van der Waals surface area contributed by atoms with Gasteiger partial charge in [0.1, 0.15) is 23.7 Å². The number of carboxylic acid groups (broad SMARTS) is 1. The van der Waals surface area contributed by atoms with Crippen molar-refractivity contribution in [3.63, 3.8) is 0 Å². The number of fused-ring (bicyclic) bond motifs is 3. The first kappa shape index (κ1) is 22.4. The molecule has 7 heteroatoms. The lowest BCUT2D eigenvalue weighted by Crippen LogP contribution is -2.19. The van der Waals surface area contributed by atoms with Gasteiger partial charge in [-0.1, -0.05) is 43.8 Å². The average molecular weight is 441 g/mol. The lowest BCUT2D eigenvalue weighted by Gasteiger charge is -2.24. The van der Waals surface area contributed by atoms with Crippen molar-refractivity contribution < 1.29 is 28.2 Å². The van der Waals surface area contributed by atoms with Gasteiger partial charge in [-0.15, -0.1) is 0 Å². The highest BCUT2D eigenvalue weighted by molar-refractivity contribution is 7.91. The third kappa shape index (κ3) is 4.01. The molecule has 0 spiro atoms. The summed E-state index contributed by atoms with van der Waals surface area (Å²) in [5.74, 6) is -1.11. The molecule has 0 fully saturated rings. The number of para-hydroxylation sites is 1. The lowest BCUT2D eigenvalue weighted by molar-refractivity contribution is 0.0693. The molecule has 0 radical (unpaired) electrons. The summed E-state index contributed by atoms with van der Waals surface area (Å²) >= 11 is 0. The first-order chi connectivity index (χ1) is 14.3. The molecule has 3 aromatic rings. The van der Waals surface area contributed by atoms with Crippen LogP contribution in [-0.4, -0.2) is 24.6 Å². The van der Waals surface area contributed by atoms with Crippen molar-refractivity contribution in [3.05, 3.63) is 88.5 Å². The maximum Gasteiger partial charge on any atom is 0.339 e. The minimum Gasteiger partial charge on any atom is -0.507 e. The van der Waals surface area contributed by atoms with Crippen molar-refractivity contribution >= 4 is 15.8 Å². The van der Waals surface area contributed by atoms with Gasteiger partial charge in [-0.3, -0.25) is 0 Å². The highest BCUT2D eigenvalue weighted by atomic mass is 32.2. The monoisotopic (exact) mass is 440 g/mol. The molecule has 0 saturated carbocycles. The number of hydrogen-bond acceptors (Lipinski definition) is 5. The topological polar surface area (TPSA) is 101 Å². The van der Waals surface area contributed by atoms with Gasteiger partial charge in [0, 0.05) is 0 Å². The average Bonchev–Trinajstić information content (AvgIpc) is 2.73. The Morgan fingerprint density at radius 3 is 2.55 bits per heavy atom. The second kappa shape index (κ2) is 8.43. The molecule has 1 atom stereocenters. The number of aromatic hydroxyl groups is 1. The summed E-state index contributed by atoms with van der Waals surface area (Å²) in [6.07, 6.45) is 0.120. The van der Waals surface area contributed by atoms with Crippen LogP contribution in [0.2, 0.25) is 0 Å². The summed E-state index contributed by atoms with van der Waals surface area (Å²) in [6.45, 7) is 1.78. The summed E-state index contributed by atoms with van der Waals surface area (Å²) in [7, 11) is -3.84. The summed E-state index contributed by atoms with van der Waals surface area (Å²) in [6, 6.07) is 16.6. The summed E-state index contributed by atoms with van der Waals surface area (Å²) in [5, 5.41) is 18.7. The zero-order valence-corrected chi connectivity index (χ0v) is 17.0. The van der Waals surface area contributed by atoms with E-state index in [4.69, 9.17) is 4.74 Å². The van der Waals surface area contributed by atoms with Crippen LogP contribution in [0, 0.1) is 6.92 Å². The van der Waals surface area contributed by atoms with Crippen molar-refractivity contribution in [2.45, 2.75) is 37.5 Å². The Morgan fingerprint density at radius 2 is 1.81 bits per heavy atom. The van der Waals surface area contributed by atoms with E-state index < -0.39 is 26.8 Å². The van der Waals surface area contributed by atoms with Gasteiger partial charge in [0.15, 0.2) is 9.84 Å². The normalized spacial score (nSPS) is 16.9. The minimum absolute atomic E-state index is 0. The molecule has 4 rings (SSSR count). The zero-order valence-electron chi connectivity index (χ0n) is 16.2. The number of carboxylic acids is 1. The van der Waals surface area contributed by atoms with E-state index in [0.29, 0.717) is 11.3 Å². The molecule has 1 unspecified atom stereocenters. The van der Waals surface area contributed by atoms with Crippen molar-refractivity contribution in [2.24, 2.45) is 0 Å². The van der Waals surface area contributed by atoms with Crippen LogP contribution in [0.15, 0.2) is 65.6 Å². The highest BCUT2D eigenvalue weighted by Gasteiger charge is 2.33. The second-order valence-corrected chi connectivity index (χ2v) is 9.39. The van der Waals surface area contributed by atoms with Crippen molar-refractivity contribution in [1.29, 1.82) is 0 Å². The smallest absolute Gasteiger partial charge is 0.339 e. The number of ether oxygens (including phenoxy) is 1. The largest absolute Gasteiger partial charge is 0.507 e. The van der Waals surface area contributed by atoms with E-state index in [2.05, 4.69) is 0 Å².